The number of nitrogens with zero attached hydrogens (tertiary/aromatic N) is 2. The van der Waals surface area contributed by atoms with Crippen LogP contribution < -0.4 is 15.2 Å². The van der Waals surface area contributed by atoms with Crippen LogP contribution in [0.15, 0.2) is 65.4 Å². The van der Waals surface area contributed by atoms with Crippen LogP contribution in [0.1, 0.15) is 81.8 Å². The minimum absolute atomic E-state index is 0.00893. The normalized spacial score (nSPS) is 31.3. The fourth-order valence-corrected chi connectivity index (χ4v) is 8.34. The van der Waals surface area contributed by atoms with Gasteiger partial charge >= 0.3 is 5.97 Å². The zero-order valence-corrected chi connectivity index (χ0v) is 23.7. The molecule has 2 aromatic rings. The number of esters is 1. The Labute approximate surface area is 253 Å². The highest BCUT2D eigenvalue weighted by atomic mass is 28.3. The minimum atomic E-state index is -3.11. The number of ether oxygens (including phenoxy) is 1. The highest BCUT2D eigenvalue weighted by Gasteiger charge is 2.41. The highest BCUT2D eigenvalue weighted by molar-refractivity contribution is 6.98. The first-order chi connectivity index (χ1) is 23.5. The lowest BCUT2D eigenvalue weighted by atomic mass is 9.86. The van der Waals surface area contributed by atoms with Crippen LogP contribution in [0.5, 0.6) is 0 Å². The van der Waals surface area contributed by atoms with Crippen molar-refractivity contribution in [1.29, 1.82) is 0 Å². The third-order valence-electron chi connectivity index (χ3n) is 7.22. The summed E-state index contributed by atoms with van der Waals surface area (Å²) >= 11 is 0. The average Bonchev–Trinajstić information content (AvgIpc) is 2.99. The minimum Gasteiger partial charge on any atom is -0.545 e. The SMILES string of the molecule is [2H]C1([2H])N(c2ccc3c(c2)[Si](C)(C)C2=CC(=[N+]4C([2H])([2H])C([2H])([2H])C4([2H])[2H])C=CC2=C3c2cc(C(=O)OC(C)(C)C)ccc2C(=O)[O-])C([2H])([2H])C1([2H])[2H]. The van der Waals surface area contributed by atoms with E-state index in [1.54, 1.807) is 32.9 Å². The number of carbonyl (C=O) groups excluding carboxylic acids is 2. The van der Waals surface area contributed by atoms with Gasteiger partial charge in [-0.25, -0.2) is 9.37 Å². The number of allylic oxidation sites excluding steroid dienone is 5. The number of fused-ring (bicyclic) bond motifs is 2. The van der Waals surface area contributed by atoms with E-state index in [4.69, 9.17) is 21.2 Å². The molecule has 0 aromatic heterocycles. The molecule has 0 saturated carbocycles. The molecular weight excluding hydrogens is 516 g/mol. The van der Waals surface area contributed by atoms with Crippen LogP contribution in [0, 0.1) is 0 Å². The molecule has 0 radical (unpaired) electrons. The van der Waals surface area contributed by atoms with Crippen LogP contribution in [0.4, 0.5) is 5.69 Å². The molecule has 0 bridgehead atoms. The molecule has 0 amide bonds. The van der Waals surface area contributed by atoms with Crippen molar-refractivity contribution in [2.75, 3.05) is 30.9 Å². The van der Waals surface area contributed by atoms with E-state index in [-0.39, 0.29) is 33.7 Å². The number of hydrogen-bond donors (Lipinski definition) is 0. The average molecular weight is 565 g/mol. The molecule has 0 atom stereocenters. The van der Waals surface area contributed by atoms with Crippen molar-refractivity contribution >= 4 is 42.2 Å². The number of carboxylic acid groups (broad SMARTS) is 1. The summed E-state index contributed by atoms with van der Waals surface area (Å²) in [7, 11) is -3.11. The number of carboxylic acids is 1. The number of carbonyl (C=O) groups is 2. The first kappa shape index (κ1) is 15.9. The van der Waals surface area contributed by atoms with E-state index in [9.17, 15) is 14.7 Å². The summed E-state index contributed by atoms with van der Waals surface area (Å²) in [6.07, 6.45) is -1.23. The van der Waals surface area contributed by atoms with Gasteiger partial charge in [-0.05, 0) is 90.1 Å². The number of hydrogen-bond acceptors (Lipinski definition) is 5. The van der Waals surface area contributed by atoms with Gasteiger partial charge in [-0.2, -0.15) is 0 Å². The number of rotatable bonds is 4. The van der Waals surface area contributed by atoms with Crippen molar-refractivity contribution in [3.63, 3.8) is 0 Å². The van der Waals surface area contributed by atoms with E-state index < -0.39 is 64.3 Å². The topological polar surface area (TPSA) is 72.7 Å². The van der Waals surface area contributed by atoms with Gasteiger partial charge in [0.1, 0.15) is 32.2 Å². The molecule has 0 unspecified atom stereocenters. The molecule has 2 fully saturated rings. The van der Waals surface area contributed by atoms with Crippen LogP contribution in [0.2, 0.25) is 13.1 Å². The molecule has 3 heterocycles. The summed E-state index contributed by atoms with van der Waals surface area (Å²) in [6, 6.07) is 8.36. The second kappa shape index (κ2) is 9.44. The summed E-state index contributed by atoms with van der Waals surface area (Å²) in [5.41, 5.74) is 0.121. The zero-order valence-electron chi connectivity index (χ0n) is 34.7. The maximum atomic E-state index is 13.2. The molecule has 1 aliphatic carbocycles. The van der Waals surface area contributed by atoms with Crippen molar-refractivity contribution in [3.05, 3.63) is 87.6 Å². The lowest BCUT2D eigenvalue weighted by molar-refractivity contribution is -0.582. The quantitative estimate of drug-likeness (QED) is 0.321. The fraction of sp³-hybridized carbons (Fsp3) is 0.364. The standard InChI is InChI=1S/C33H36N2O4Si/c1-33(2,3)39-32(38)21-8-11-24(31(36)37)27(18-21)30-25-12-9-22(34-14-6-15-34)19-28(25)40(4,5)29-20-23(10-13-26(29)30)35-16-7-17-35/h8-13,18-20H,6-7,14-17H2,1-5H3/i6D2,7D2,14D2,15D2,16D2,17D2. The van der Waals surface area contributed by atoms with Gasteiger partial charge in [0.05, 0.1) is 17.9 Å². The van der Waals surface area contributed by atoms with Crippen LogP contribution >= 0.6 is 0 Å². The van der Waals surface area contributed by atoms with Crippen molar-refractivity contribution in [1.82, 2.24) is 0 Å². The van der Waals surface area contributed by atoms with E-state index in [2.05, 4.69) is 0 Å². The van der Waals surface area contributed by atoms with Gasteiger partial charge < -0.3 is 19.5 Å². The molecule has 0 spiro atoms. The highest BCUT2D eigenvalue weighted by Crippen LogP contribution is 2.43. The maximum absolute atomic E-state index is 13.2. The van der Waals surface area contributed by atoms with Crippen molar-refractivity contribution in [2.24, 2.45) is 0 Å². The van der Waals surface area contributed by atoms with E-state index in [0.29, 0.717) is 31.0 Å². The van der Waals surface area contributed by atoms with Crippen LogP contribution in [-0.4, -0.2) is 61.9 Å². The summed E-state index contributed by atoms with van der Waals surface area (Å²) < 4.78 is 106. The van der Waals surface area contributed by atoms with Gasteiger partial charge in [-0.3, -0.25) is 0 Å². The van der Waals surface area contributed by atoms with Gasteiger partial charge in [-0.15, -0.1) is 0 Å². The second-order valence-corrected chi connectivity index (χ2v) is 15.7. The molecule has 4 aliphatic rings. The third kappa shape index (κ3) is 4.46. The summed E-state index contributed by atoms with van der Waals surface area (Å²) in [5.74, 6) is -2.30. The smallest absolute Gasteiger partial charge is 0.338 e. The first-order valence-corrected chi connectivity index (χ1v) is 15.8. The predicted octanol–water partition coefficient (Wildman–Crippen LogP) is 3.84. The third-order valence-corrected chi connectivity index (χ3v) is 10.7. The molecule has 3 aliphatic heterocycles. The van der Waals surface area contributed by atoms with Gasteiger partial charge in [-0.1, -0.05) is 25.2 Å². The zero-order chi connectivity index (χ0) is 39.2. The number of anilines is 1. The van der Waals surface area contributed by atoms with Crippen molar-refractivity contribution < 1.29 is 40.5 Å². The summed E-state index contributed by atoms with van der Waals surface area (Å²) in [4.78, 5) is 26.6. The van der Waals surface area contributed by atoms with Gasteiger partial charge in [0.25, 0.3) is 0 Å². The molecule has 2 aromatic carbocycles. The van der Waals surface area contributed by atoms with Crippen LogP contribution in [-0.2, 0) is 4.74 Å². The summed E-state index contributed by atoms with van der Waals surface area (Å²) in [6.45, 7) is -2.19. The Bertz CT molecular complexity index is 2070. The fourth-order valence-electron chi connectivity index (χ4n) is 5.27. The van der Waals surface area contributed by atoms with E-state index in [1.165, 1.54) is 42.5 Å². The monoisotopic (exact) mass is 564 g/mol. The molecule has 7 heteroatoms. The van der Waals surface area contributed by atoms with Crippen molar-refractivity contribution in [3.8, 4) is 0 Å². The van der Waals surface area contributed by atoms with Gasteiger partial charge in [0, 0.05) is 47.4 Å². The van der Waals surface area contributed by atoms with Crippen LogP contribution in [0.25, 0.3) is 5.57 Å². The Kier molecular flexibility index (Phi) is 3.76. The van der Waals surface area contributed by atoms with E-state index in [1.807, 2.05) is 13.1 Å². The van der Waals surface area contributed by atoms with Crippen molar-refractivity contribution in [2.45, 2.75) is 52.2 Å². The molecule has 206 valence electrons. The Morgan fingerprint density at radius 1 is 1.02 bits per heavy atom. The Balaban J connectivity index is 1.67. The van der Waals surface area contributed by atoms with Crippen LogP contribution in [0.3, 0.4) is 0 Å². The largest absolute Gasteiger partial charge is 0.545 e. The molecular formula is C33H36N2O4Si. The lowest BCUT2D eigenvalue weighted by Gasteiger charge is -2.40. The Hall–Kier alpha value is -3.71. The second-order valence-electron chi connectivity index (χ2n) is 11.4. The summed E-state index contributed by atoms with van der Waals surface area (Å²) in [5, 5.41) is 13.7. The molecule has 0 N–H and O–H groups in total. The number of benzene rings is 2. The van der Waals surface area contributed by atoms with Gasteiger partial charge in [0.15, 0.2) is 5.71 Å². The lowest BCUT2D eigenvalue weighted by Crippen LogP contribution is -2.50. The molecule has 6 nitrogen and oxygen atoms in total. The molecule has 40 heavy (non-hydrogen) atoms. The predicted molar refractivity (Wildman–Crippen MR) is 159 cm³/mol. The molecule has 2 saturated heterocycles. The Morgan fingerprint density at radius 2 is 1.77 bits per heavy atom. The number of aromatic carboxylic acids is 1. The Morgan fingerprint density at radius 3 is 2.48 bits per heavy atom. The van der Waals surface area contributed by atoms with Gasteiger partial charge in [0.2, 0.25) is 0 Å². The maximum Gasteiger partial charge on any atom is 0.338 e. The first-order valence-electron chi connectivity index (χ1n) is 18.8. The van der Waals surface area contributed by atoms with E-state index >= 15 is 0 Å². The molecule has 6 rings (SSSR count). The van der Waals surface area contributed by atoms with E-state index in [0.717, 1.165) is 0 Å².